The van der Waals surface area contributed by atoms with Crippen LogP contribution in [0.15, 0.2) is 23.1 Å². The maximum Gasteiger partial charge on any atom is 0.198 e. The number of rotatable bonds is 0. The van der Waals surface area contributed by atoms with Crippen molar-refractivity contribution in [3.63, 3.8) is 0 Å². The fourth-order valence-electron chi connectivity index (χ4n) is 0.852. The molecule has 3 heteroatoms. The van der Waals surface area contributed by atoms with E-state index < -0.39 is 0 Å². The van der Waals surface area contributed by atoms with Crippen LogP contribution < -0.4 is 0 Å². The topological polar surface area (TPSA) is 38.9 Å². The maximum absolute atomic E-state index is 5.03. The summed E-state index contributed by atoms with van der Waals surface area (Å²) < 4.78 is 5.03. The van der Waals surface area contributed by atoms with Gasteiger partial charge in [0.2, 0.25) is 0 Å². The fourth-order valence-corrected chi connectivity index (χ4v) is 0.852. The van der Waals surface area contributed by atoms with Crippen LogP contribution in [0.1, 0.15) is 19.4 Å². The zero-order valence-electron chi connectivity index (χ0n) is 7.53. The van der Waals surface area contributed by atoms with E-state index in [-0.39, 0.29) is 0 Å². The maximum atomic E-state index is 5.03. The Morgan fingerprint density at radius 3 is 2.75 bits per heavy atom. The third-order valence-electron chi connectivity index (χ3n) is 1.32. The van der Waals surface area contributed by atoms with Gasteiger partial charge in [-0.05, 0) is 18.6 Å². The lowest BCUT2D eigenvalue weighted by molar-refractivity contribution is 0.602. The largest absolute Gasteiger partial charge is 0.442 e. The van der Waals surface area contributed by atoms with Crippen molar-refractivity contribution in [1.29, 1.82) is 0 Å². The lowest BCUT2D eigenvalue weighted by Gasteiger charge is -1.86. The van der Waals surface area contributed by atoms with Crippen LogP contribution >= 0.6 is 0 Å². The second-order valence-electron chi connectivity index (χ2n) is 2.19. The van der Waals surface area contributed by atoms with Crippen molar-refractivity contribution in [2.75, 3.05) is 0 Å². The molecule has 0 atom stereocenters. The molecule has 0 saturated carbocycles. The summed E-state index contributed by atoms with van der Waals surface area (Å²) in [5.41, 5.74) is 2.51. The summed E-state index contributed by atoms with van der Waals surface area (Å²) in [5.74, 6) is 0. The average molecular weight is 164 g/mol. The van der Waals surface area contributed by atoms with Gasteiger partial charge in [-0.1, -0.05) is 13.8 Å². The van der Waals surface area contributed by atoms with E-state index in [1.165, 1.54) is 6.39 Å². The van der Waals surface area contributed by atoms with Crippen LogP contribution in [0.2, 0.25) is 0 Å². The molecule has 0 aliphatic carbocycles. The van der Waals surface area contributed by atoms with Gasteiger partial charge in [0.15, 0.2) is 17.6 Å². The number of hydrogen-bond donors (Lipinski definition) is 0. The minimum absolute atomic E-state index is 0.672. The van der Waals surface area contributed by atoms with E-state index in [4.69, 9.17) is 4.42 Å². The first-order valence-corrected chi connectivity index (χ1v) is 4.02. The van der Waals surface area contributed by atoms with Gasteiger partial charge < -0.3 is 4.42 Å². The molecule has 3 nitrogen and oxygen atoms in total. The Labute approximate surface area is 71.4 Å². The minimum Gasteiger partial charge on any atom is -0.442 e. The van der Waals surface area contributed by atoms with E-state index in [2.05, 4.69) is 9.97 Å². The highest BCUT2D eigenvalue weighted by Gasteiger charge is 1.96. The Balaban J connectivity index is 0.000000336. The minimum atomic E-state index is 0.672. The zero-order valence-corrected chi connectivity index (χ0v) is 7.53. The van der Waals surface area contributed by atoms with E-state index in [0.717, 1.165) is 11.1 Å². The Morgan fingerprint density at radius 2 is 2.00 bits per heavy atom. The Morgan fingerprint density at radius 1 is 1.25 bits per heavy atom. The number of aromatic nitrogens is 2. The van der Waals surface area contributed by atoms with Crippen LogP contribution in [0, 0.1) is 6.92 Å². The third kappa shape index (κ3) is 1.61. The molecule has 0 bridgehead atoms. The van der Waals surface area contributed by atoms with Gasteiger partial charge in [-0.3, -0.25) is 0 Å². The highest BCUT2D eigenvalue weighted by atomic mass is 16.3. The first kappa shape index (κ1) is 8.71. The second-order valence-corrected chi connectivity index (χ2v) is 2.19. The first-order valence-electron chi connectivity index (χ1n) is 4.02. The van der Waals surface area contributed by atoms with Gasteiger partial charge >= 0.3 is 0 Å². The summed E-state index contributed by atoms with van der Waals surface area (Å²) in [4.78, 5) is 7.92. The molecule has 2 heterocycles. The molecule has 0 aliphatic rings. The SMILES string of the molecule is CC.Cc1cnc2ncoc2c1. The second kappa shape index (κ2) is 3.85. The molecular weight excluding hydrogens is 152 g/mol. The molecule has 0 amide bonds. The fraction of sp³-hybridized carbons (Fsp3) is 0.333. The summed E-state index contributed by atoms with van der Waals surface area (Å²) in [5, 5.41) is 0. The molecule has 64 valence electrons. The molecule has 0 unspecified atom stereocenters. The smallest absolute Gasteiger partial charge is 0.198 e. The van der Waals surface area contributed by atoms with Crippen molar-refractivity contribution in [3.8, 4) is 0 Å². The van der Waals surface area contributed by atoms with Crippen molar-refractivity contribution in [3.05, 3.63) is 24.2 Å². The average Bonchev–Trinajstić information content (AvgIpc) is 2.54. The molecule has 0 aromatic carbocycles. The molecule has 0 spiro atoms. The van der Waals surface area contributed by atoms with Crippen molar-refractivity contribution in [2.24, 2.45) is 0 Å². The van der Waals surface area contributed by atoms with Crippen LogP contribution in [-0.2, 0) is 0 Å². The van der Waals surface area contributed by atoms with Gasteiger partial charge in [0.25, 0.3) is 0 Å². The standard InChI is InChI=1S/C7H6N2O.C2H6/c1-5-2-6-7(8-3-5)9-4-10-6;1-2/h2-4H,1H3;1-2H3. The third-order valence-corrected chi connectivity index (χ3v) is 1.32. The molecule has 0 saturated heterocycles. The first-order chi connectivity index (χ1) is 5.86. The van der Waals surface area contributed by atoms with E-state index in [9.17, 15) is 0 Å². The van der Waals surface area contributed by atoms with Crippen molar-refractivity contribution in [2.45, 2.75) is 20.8 Å². The Hall–Kier alpha value is -1.38. The number of nitrogens with zero attached hydrogens (tertiary/aromatic N) is 2. The van der Waals surface area contributed by atoms with E-state index in [1.54, 1.807) is 6.20 Å². The quantitative estimate of drug-likeness (QED) is 0.600. The molecule has 0 fully saturated rings. The van der Waals surface area contributed by atoms with Gasteiger partial charge in [-0.2, -0.15) is 4.98 Å². The number of oxazole rings is 1. The van der Waals surface area contributed by atoms with E-state index >= 15 is 0 Å². The van der Waals surface area contributed by atoms with Crippen LogP contribution in [-0.4, -0.2) is 9.97 Å². The van der Waals surface area contributed by atoms with Gasteiger partial charge in [-0.25, -0.2) is 4.98 Å². The normalized spacial score (nSPS) is 9.25. The summed E-state index contributed by atoms with van der Waals surface area (Å²) in [6, 6.07) is 1.91. The predicted octanol–water partition coefficient (Wildman–Crippen LogP) is 2.56. The predicted molar refractivity (Wildman–Crippen MR) is 47.9 cm³/mol. The lowest BCUT2D eigenvalue weighted by atomic mass is 10.3. The molecule has 2 aromatic rings. The lowest BCUT2D eigenvalue weighted by Crippen LogP contribution is -1.76. The number of hydrogen-bond acceptors (Lipinski definition) is 3. The van der Waals surface area contributed by atoms with Crippen LogP contribution in [0.25, 0.3) is 11.2 Å². The van der Waals surface area contributed by atoms with E-state index in [1.807, 2.05) is 26.8 Å². The van der Waals surface area contributed by atoms with E-state index in [0.29, 0.717) is 5.65 Å². The Bertz CT molecular complexity index is 354. The Kier molecular flexibility index (Phi) is 2.80. The van der Waals surface area contributed by atoms with Gasteiger partial charge in [-0.15, -0.1) is 0 Å². The van der Waals surface area contributed by atoms with Crippen molar-refractivity contribution < 1.29 is 4.42 Å². The molecule has 2 aromatic heterocycles. The van der Waals surface area contributed by atoms with Crippen molar-refractivity contribution >= 4 is 11.2 Å². The number of aryl methyl sites for hydroxylation is 1. The summed E-state index contributed by atoms with van der Waals surface area (Å²) in [7, 11) is 0. The van der Waals surface area contributed by atoms with Crippen LogP contribution in [0.3, 0.4) is 0 Å². The van der Waals surface area contributed by atoms with Crippen LogP contribution in [0.5, 0.6) is 0 Å². The van der Waals surface area contributed by atoms with Gasteiger partial charge in [0.1, 0.15) is 0 Å². The summed E-state index contributed by atoms with van der Waals surface area (Å²) in [6.45, 7) is 5.97. The van der Waals surface area contributed by atoms with Crippen molar-refractivity contribution in [1.82, 2.24) is 9.97 Å². The summed E-state index contributed by atoms with van der Waals surface area (Å²) >= 11 is 0. The highest BCUT2D eigenvalue weighted by Crippen LogP contribution is 2.09. The monoisotopic (exact) mass is 164 g/mol. The number of pyridine rings is 1. The number of fused-ring (bicyclic) bond motifs is 1. The van der Waals surface area contributed by atoms with Gasteiger partial charge in [0, 0.05) is 6.20 Å². The van der Waals surface area contributed by atoms with Crippen LogP contribution in [0.4, 0.5) is 0 Å². The highest BCUT2D eigenvalue weighted by molar-refractivity contribution is 5.67. The molecule has 0 N–H and O–H groups in total. The summed E-state index contributed by atoms with van der Waals surface area (Å²) in [6.07, 6.45) is 3.17. The van der Waals surface area contributed by atoms with Gasteiger partial charge in [0.05, 0.1) is 0 Å². The molecule has 12 heavy (non-hydrogen) atoms. The molecule has 0 aliphatic heterocycles. The molecule has 0 radical (unpaired) electrons. The zero-order chi connectivity index (χ0) is 8.97. The molecular formula is C9H12N2O. The molecule has 2 rings (SSSR count).